The first kappa shape index (κ1) is 12.6. The number of ether oxygens (including phenoxy) is 1. The number of nitrogens with zero attached hydrogens (tertiary/aromatic N) is 2. The number of hydrogen-bond donors (Lipinski definition) is 1. The Bertz CT molecular complexity index is 507. The Morgan fingerprint density at radius 3 is 2.72 bits per heavy atom. The molecule has 0 fully saturated rings. The van der Waals surface area contributed by atoms with E-state index in [2.05, 4.69) is 16.5 Å². The van der Waals surface area contributed by atoms with Crippen LogP contribution in [0.4, 0.5) is 0 Å². The number of aryl methyl sites for hydroxylation is 1. The largest absolute Gasteiger partial charge is 0.496 e. The summed E-state index contributed by atoms with van der Waals surface area (Å²) in [6.07, 6.45) is 2.00. The lowest BCUT2D eigenvalue weighted by atomic mass is 10.1. The zero-order valence-electron chi connectivity index (χ0n) is 11.1. The van der Waals surface area contributed by atoms with Crippen LogP contribution in [0.3, 0.4) is 0 Å². The Morgan fingerprint density at radius 2 is 2.11 bits per heavy atom. The van der Waals surface area contributed by atoms with Gasteiger partial charge in [-0.2, -0.15) is 5.10 Å². The zero-order valence-corrected chi connectivity index (χ0v) is 11.1. The lowest BCUT2D eigenvalue weighted by Gasteiger charge is -2.19. The summed E-state index contributed by atoms with van der Waals surface area (Å²) in [6.45, 7) is 2.78. The smallest absolute Gasteiger partial charge is 0.123 e. The topological polar surface area (TPSA) is 39.1 Å². The van der Waals surface area contributed by atoms with Crippen LogP contribution in [0.15, 0.2) is 36.5 Å². The Hall–Kier alpha value is -1.81. The molecule has 4 heteroatoms. The summed E-state index contributed by atoms with van der Waals surface area (Å²) in [6, 6.07) is 10.3. The summed E-state index contributed by atoms with van der Waals surface area (Å²) in [4.78, 5) is 0. The van der Waals surface area contributed by atoms with Crippen LogP contribution in [0.5, 0.6) is 5.75 Å². The molecule has 0 radical (unpaired) electrons. The molecule has 96 valence electrons. The number of likely N-dealkylation sites (N-methyl/N-ethyl adjacent to an activating group) is 1. The fraction of sp³-hybridized carbons (Fsp3) is 0.357. The molecule has 2 rings (SSSR count). The third-order valence-corrected chi connectivity index (χ3v) is 3.01. The monoisotopic (exact) mass is 245 g/mol. The molecule has 1 N–H and O–H groups in total. The molecule has 2 aromatic rings. The van der Waals surface area contributed by atoms with Crippen molar-refractivity contribution in [1.29, 1.82) is 0 Å². The number of aromatic nitrogens is 2. The van der Waals surface area contributed by atoms with E-state index in [1.54, 1.807) is 7.11 Å². The van der Waals surface area contributed by atoms with Crippen molar-refractivity contribution in [2.45, 2.75) is 19.5 Å². The molecule has 0 bridgehead atoms. The predicted molar refractivity (Wildman–Crippen MR) is 71.8 cm³/mol. The van der Waals surface area contributed by atoms with E-state index in [0.29, 0.717) is 0 Å². The van der Waals surface area contributed by atoms with Crippen molar-refractivity contribution in [2.75, 3.05) is 14.2 Å². The van der Waals surface area contributed by atoms with E-state index in [1.807, 2.05) is 49.1 Å². The molecule has 1 heterocycles. The van der Waals surface area contributed by atoms with Crippen molar-refractivity contribution >= 4 is 0 Å². The van der Waals surface area contributed by atoms with Crippen LogP contribution in [-0.2, 0) is 6.54 Å². The summed E-state index contributed by atoms with van der Waals surface area (Å²) >= 11 is 0. The predicted octanol–water partition coefficient (Wildman–Crippen LogP) is 2.16. The van der Waals surface area contributed by atoms with E-state index >= 15 is 0 Å². The van der Waals surface area contributed by atoms with Crippen LogP contribution in [0.25, 0.3) is 0 Å². The third-order valence-electron chi connectivity index (χ3n) is 3.01. The van der Waals surface area contributed by atoms with Crippen LogP contribution in [0.1, 0.15) is 17.3 Å². The lowest BCUT2D eigenvalue weighted by molar-refractivity contribution is 0.390. The standard InChI is InChI=1S/C14H19N3O/c1-11-8-9-17(16-11)10-13(15-2)12-6-4-5-7-14(12)18-3/h4-9,13,15H,10H2,1-3H3. The van der Waals surface area contributed by atoms with Gasteiger partial charge < -0.3 is 10.1 Å². The average molecular weight is 245 g/mol. The van der Waals surface area contributed by atoms with Gasteiger partial charge in [-0.15, -0.1) is 0 Å². The molecule has 4 nitrogen and oxygen atoms in total. The third kappa shape index (κ3) is 2.71. The fourth-order valence-electron chi connectivity index (χ4n) is 2.05. The minimum atomic E-state index is 0.181. The number of benzene rings is 1. The summed E-state index contributed by atoms with van der Waals surface area (Å²) in [7, 11) is 3.65. The second kappa shape index (κ2) is 5.69. The zero-order chi connectivity index (χ0) is 13.0. The van der Waals surface area contributed by atoms with Crippen molar-refractivity contribution < 1.29 is 4.74 Å². The van der Waals surface area contributed by atoms with Gasteiger partial charge in [0.15, 0.2) is 0 Å². The number of rotatable bonds is 5. The van der Waals surface area contributed by atoms with Gasteiger partial charge in [0.25, 0.3) is 0 Å². The van der Waals surface area contributed by atoms with Gasteiger partial charge in [0.05, 0.1) is 25.4 Å². The second-order valence-corrected chi connectivity index (χ2v) is 4.26. The van der Waals surface area contributed by atoms with E-state index in [1.165, 1.54) is 0 Å². The van der Waals surface area contributed by atoms with Gasteiger partial charge in [0, 0.05) is 11.8 Å². The molecule has 0 saturated heterocycles. The SMILES string of the molecule is CNC(Cn1ccc(C)n1)c1ccccc1OC. The maximum Gasteiger partial charge on any atom is 0.123 e. The quantitative estimate of drug-likeness (QED) is 0.877. The van der Waals surface area contributed by atoms with Crippen molar-refractivity contribution in [3.05, 3.63) is 47.8 Å². The fourth-order valence-corrected chi connectivity index (χ4v) is 2.05. The Morgan fingerprint density at radius 1 is 1.33 bits per heavy atom. The maximum absolute atomic E-state index is 5.40. The lowest BCUT2D eigenvalue weighted by Crippen LogP contribution is -2.22. The minimum Gasteiger partial charge on any atom is -0.496 e. The first-order chi connectivity index (χ1) is 8.74. The van der Waals surface area contributed by atoms with Gasteiger partial charge in [0.1, 0.15) is 5.75 Å². The summed E-state index contributed by atoms with van der Waals surface area (Å²) in [5, 5.41) is 7.73. The highest BCUT2D eigenvalue weighted by atomic mass is 16.5. The molecule has 1 atom stereocenters. The second-order valence-electron chi connectivity index (χ2n) is 4.26. The molecule has 18 heavy (non-hydrogen) atoms. The minimum absolute atomic E-state index is 0.181. The summed E-state index contributed by atoms with van der Waals surface area (Å²) in [5.74, 6) is 0.903. The Labute approximate surface area is 108 Å². The first-order valence-corrected chi connectivity index (χ1v) is 6.05. The van der Waals surface area contributed by atoms with E-state index in [0.717, 1.165) is 23.6 Å². The van der Waals surface area contributed by atoms with Crippen molar-refractivity contribution in [3.8, 4) is 5.75 Å². The molecular formula is C14H19N3O. The normalized spacial score (nSPS) is 12.4. The molecule has 0 amide bonds. The van der Waals surface area contributed by atoms with Crippen LogP contribution in [0.2, 0.25) is 0 Å². The molecule has 0 aliphatic carbocycles. The number of para-hydroxylation sites is 1. The van der Waals surface area contributed by atoms with Crippen LogP contribution >= 0.6 is 0 Å². The van der Waals surface area contributed by atoms with E-state index in [4.69, 9.17) is 4.74 Å². The first-order valence-electron chi connectivity index (χ1n) is 6.05. The van der Waals surface area contributed by atoms with Gasteiger partial charge in [0.2, 0.25) is 0 Å². The van der Waals surface area contributed by atoms with Crippen LogP contribution < -0.4 is 10.1 Å². The highest BCUT2D eigenvalue weighted by molar-refractivity contribution is 5.35. The Kier molecular flexibility index (Phi) is 3.99. The van der Waals surface area contributed by atoms with Gasteiger partial charge >= 0.3 is 0 Å². The highest BCUT2D eigenvalue weighted by Crippen LogP contribution is 2.25. The molecular weight excluding hydrogens is 226 g/mol. The van der Waals surface area contributed by atoms with E-state index < -0.39 is 0 Å². The summed E-state index contributed by atoms with van der Waals surface area (Å²) in [5.41, 5.74) is 2.18. The molecule has 1 aromatic carbocycles. The molecule has 0 spiro atoms. The van der Waals surface area contributed by atoms with Crippen molar-refractivity contribution in [1.82, 2.24) is 15.1 Å². The van der Waals surface area contributed by atoms with Crippen LogP contribution in [-0.4, -0.2) is 23.9 Å². The van der Waals surface area contributed by atoms with Crippen molar-refractivity contribution in [2.24, 2.45) is 0 Å². The van der Waals surface area contributed by atoms with Crippen molar-refractivity contribution in [3.63, 3.8) is 0 Å². The summed E-state index contributed by atoms with van der Waals surface area (Å²) < 4.78 is 7.35. The molecule has 0 aliphatic heterocycles. The van der Waals surface area contributed by atoms with Crippen LogP contribution in [0, 0.1) is 6.92 Å². The average Bonchev–Trinajstić information content (AvgIpc) is 2.81. The number of nitrogens with one attached hydrogen (secondary N) is 1. The Balaban J connectivity index is 2.22. The van der Waals surface area contributed by atoms with Gasteiger partial charge in [-0.05, 0) is 26.1 Å². The molecule has 0 aliphatic rings. The van der Waals surface area contributed by atoms with Gasteiger partial charge in [-0.1, -0.05) is 18.2 Å². The number of hydrogen-bond acceptors (Lipinski definition) is 3. The molecule has 0 saturated carbocycles. The van der Waals surface area contributed by atoms with E-state index in [-0.39, 0.29) is 6.04 Å². The highest BCUT2D eigenvalue weighted by Gasteiger charge is 2.14. The van der Waals surface area contributed by atoms with Gasteiger partial charge in [-0.25, -0.2) is 0 Å². The molecule has 1 unspecified atom stereocenters. The maximum atomic E-state index is 5.40. The number of methoxy groups -OCH3 is 1. The molecule has 1 aromatic heterocycles. The van der Waals surface area contributed by atoms with E-state index in [9.17, 15) is 0 Å². The van der Waals surface area contributed by atoms with Gasteiger partial charge in [-0.3, -0.25) is 4.68 Å².